The average Bonchev–Trinajstić information content (AvgIpc) is 3.13. The lowest BCUT2D eigenvalue weighted by molar-refractivity contribution is -0.114. The summed E-state index contributed by atoms with van der Waals surface area (Å²) in [6, 6.07) is 13.6. The van der Waals surface area contributed by atoms with Gasteiger partial charge in [0.1, 0.15) is 23.6 Å². The normalized spacial score (nSPS) is 15.3. The van der Waals surface area contributed by atoms with E-state index in [1.165, 1.54) is 0 Å². The van der Waals surface area contributed by atoms with Gasteiger partial charge in [-0.25, -0.2) is 4.99 Å². The van der Waals surface area contributed by atoms with Crippen molar-refractivity contribution < 1.29 is 14.1 Å². The van der Waals surface area contributed by atoms with Crippen LogP contribution in [0.4, 0.5) is 5.69 Å². The number of amides is 1. The van der Waals surface area contributed by atoms with Crippen LogP contribution in [0.2, 0.25) is 0 Å². The summed E-state index contributed by atoms with van der Waals surface area (Å²) in [5, 5.41) is 4.07. The van der Waals surface area contributed by atoms with Crippen molar-refractivity contribution in [1.82, 2.24) is 5.16 Å². The molecule has 0 radical (unpaired) electrons. The first kappa shape index (κ1) is 20.0. The first-order valence-corrected chi connectivity index (χ1v) is 11.0. The van der Waals surface area contributed by atoms with Gasteiger partial charge in [0.15, 0.2) is 11.5 Å². The largest absolute Gasteiger partial charge is 0.437 e. The second kappa shape index (κ2) is 7.94. The van der Waals surface area contributed by atoms with Crippen molar-refractivity contribution in [3.8, 4) is 5.75 Å². The molecule has 0 aliphatic carbocycles. The maximum atomic E-state index is 13.4. The van der Waals surface area contributed by atoms with Crippen molar-refractivity contribution >= 4 is 67.6 Å². The zero-order chi connectivity index (χ0) is 21.5. The number of anilines is 1. The molecule has 2 aliphatic rings. The molecule has 2 aromatic carbocycles. The van der Waals surface area contributed by atoms with Crippen LogP contribution in [0, 0.1) is 6.92 Å². The number of carbonyl (C=O) groups excluding carboxylic acids is 1. The van der Waals surface area contributed by atoms with Gasteiger partial charge in [0.2, 0.25) is 5.90 Å². The predicted molar refractivity (Wildman–Crippen MR) is 127 cm³/mol. The van der Waals surface area contributed by atoms with E-state index in [0.717, 1.165) is 20.1 Å². The highest BCUT2D eigenvalue weighted by Crippen LogP contribution is 2.39. The Hall–Kier alpha value is -2.97. The zero-order valence-electron chi connectivity index (χ0n) is 16.3. The van der Waals surface area contributed by atoms with Gasteiger partial charge in [-0.1, -0.05) is 57.5 Å². The van der Waals surface area contributed by atoms with Crippen LogP contribution in [-0.4, -0.2) is 23.6 Å². The molecule has 3 heterocycles. The van der Waals surface area contributed by atoms with Crippen molar-refractivity contribution in [2.24, 2.45) is 4.99 Å². The van der Waals surface area contributed by atoms with E-state index in [9.17, 15) is 4.79 Å². The van der Waals surface area contributed by atoms with Gasteiger partial charge in [0.25, 0.3) is 5.91 Å². The fraction of sp³-hybridized carbons (Fsp3) is 0.0870. The van der Waals surface area contributed by atoms with E-state index in [0.29, 0.717) is 34.4 Å². The topological polar surface area (TPSA) is 67.9 Å². The number of nitrogens with zero attached hydrogens (tertiary/aromatic N) is 3. The Kier molecular flexibility index (Phi) is 5.11. The molecule has 6 nitrogen and oxygen atoms in total. The second-order valence-electron chi connectivity index (χ2n) is 7.03. The zero-order valence-corrected chi connectivity index (χ0v) is 19.5. The molecule has 1 amide bonds. The van der Waals surface area contributed by atoms with Crippen molar-refractivity contribution in [1.29, 1.82) is 0 Å². The number of aryl methyl sites for hydroxylation is 1. The Morgan fingerprint density at radius 2 is 1.94 bits per heavy atom. The molecule has 2 aliphatic heterocycles. The van der Waals surface area contributed by atoms with Crippen LogP contribution in [-0.2, 0) is 4.79 Å². The summed E-state index contributed by atoms with van der Waals surface area (Å²) >= 11 is 6.98. The number of aromatic nitrogens is 1. The van der Waals surface area contributed by atoms with Gasteiger partial charge in [0.05, 0.1) is 4.47 Å². The maximum Gasteiger partial charge on any atom is 0.265 e. The third-order valence-corrected chi connectivity index (χ3v) is 6.00. The van der Waals surface area contributed by atoms with Gasteiger partial charge in [-0.05, 0) is 52.7 Å². The first-order valence-electron chi connectivity index (χ1n) is 9.46. The monoisotopic (exact) mass is 539 g/mol. The molecule has 8 heteroatoms. The lowest BCUT2D eigenvalue weighted by Crippen LogP contribution is -2.41. The Bertz CT molecular complexity index is 1290. The lowest BCUT2D eigenvalue weighted by atomic mass is 10.0. The predicted octanol–water partition coefficient (Wildman–Crippen LogP) is 5.86. The third-order valence-electron chi connectivity index (χ3n) is 4.95. The van der Waals surface area contributed by atoms with Gasteiger partial charge >= 0.3 is 0 Å². The molecular weight excluding hydrogens is 526 g/mol. The number of hydrogen-bond donors (Lipinski definition) is 0. The summed E-state index contributed by atoms with van der Waals surface area (Å²) in [6.45, 7) is 1.92. The van der Waals surface area contributed by atoms with E-state index in [1.54, 1.807) is 17.9 Å². The fourth-order valence-electron chi connectivity index (χ4n) is 3.51. The van der Waals surface area contributed by atoms with Crippen LogP contribution in [0.15, 0.2) is 66.5 Å². The van der Waals surface area contributed by atoms with Crippen LogP contribution in [0.25, 0.3) is 18.2 Å². The number of benzene rings is 2. The molecule has 154 valence electrons. The van der Waals surface area contributed by atoms with Gasteiger partial charge in [-0.3, -0.25) is 9.69 Å². The summed E-state index contributed by atoms with van der Waals surface area (Å²) in [4.78, 5) is 19.5. The molecule has 5 rings (SSSR count). The molecule has 0 unspecified atom stereocenters. The molecule has 0 saturated carbocycles. The van der Waals surface area contributed by atoms with E-state index in [2.05, 4.69) is 42.0 Å². The van der Waals surface area contributed by atoms with E-state index >= 15 is 0 Å². The highest BCUT2D eigenvalue weighted by molar-refractivity contribution is 9.11. The van der Waals surface area contributed by atoms with Gasteiger partial charge < -0.3 is 9.26 Å². The smallest absolute Gasteiger partial charge is 0.265 e. The van der Waals surface area contributed by atoms with E-state index < -0.39 is 0 Å². The Morgan fingerprint density at radius 1 is 1.13 bits per heavy atom. The van der Waals surface area contributed by atoms with Crippen molar-refractivity contribution in [2.45, 2.75) is 6.92 Å². The number of aliphatic imine (C=N–C) groups is 1. The van der Waals surface area contributed by atoms with Crippen LogP contribution >= 0.6 is 31.9 Å². The summed E-state index contributed by atoms with van der Waals surface area (Å²) in [6.07, 6.45) is 5.53. The highest BCUT2D eigenvalue weighted by Gasteiger charge is 2.35. The van der Waals surface area contributed by atoms with Gasteiger partial charge in [0, 0.05) is 10.0 Å². The molecule has 3 aromatic rings. The number of carbonyl (C=O) groups is 1. The maximum absolute atomic E-state index is 13.4. The summed E-state index contributed by atoms with van der Waals surface area (Å²) < 4.78 is 13.1. The summed E-state index contributed by atoms with van der Waals surface area (Å²) in [5.74, 6) is 1.23. The number of ether oxygens (including phenoxy) is 1. The standard InChI is InChI=1S/C23H15Br2N3O3/c1-13-20(19(31-27-13)8-7-14-5-3-2-4-6-14)28-12-26-22-17(23(28)29)10-15-9-16(24)11-18(25)21(15)30-22/h2-11H,12H2,1H3/b8-7+. The lowest BCUT2D eigenvalue weighted by Gasteiger charge is -2.29. The van der Waals surface area contributed by atoms with Crippen molar-refractivity contribution in [3.05, 3.63) is 79.6 Å². The van der Waals surface area contributed by atoms with Crippen LogP contribution < -0.4 is 9.64 Å². The quantitative estimate of drug-likeness (QED) is 0.417. The molecule has 1 aromatic heterocycles. The summed E-state index contributed by atoms with van der Waals surface area (Å²) in [5.41, 5.74) is 3.41. The van der Waals surface area contributed by atoms with Crippen LogP contribution in [0.3, 0.4) is 0 Å². The summed E-state index contributed by atoms with van der Waals surface area (Å²) in [7, 11) is 0. The minimum absolute atomic E-state index is 0.114. The van der Waals surface area contributed by atoms with Crippen LogP contribution in [0.1, 0.15) is 22.6 Å². The molecule has 31 heavy (non-hydrogen) atoms. The molecular formula is C23H15Br2N3O3. The molecule has 0 fully saturated rings. The van der Waals surface area contributed by atoms with Gasteiger partial charge in [-0.2, -0.15) is 0 Å². The van der Waals surface area contributed by atoms with Crippen LogP contribution in [0.5, 0.6) is 5.75 Å². The number of fused-ring (bicyclic) bond motifs is 2. The number of rotatable bonds is 3. The molecule has 0 atom stereocenters. The SMILES string of the molecule is Cc1noc(/C=C/c2ccccc2)c1N1CN=C2Oc3c(Br)cc(Br)cc3C=C2C1=O. The molecule has 0 spiro atoms. The minimum atomic E-state index is -0.215. The molecule has 0 bridgehead atoms. The second-order valence-corrected chi connectivity index (χ2v) is 8.80. The molecule has 0 saturated heterocycles. The van der Waals surface area contributed by atoms with E-state index in [4.69, 9.17) is 9.26 Å². The Balaban J connectivity index is 1.52. The van der Waals surface area contributed by atoms with E-state index in [1.807, 2.05) is 54.6 Å². The minimum Gasteiger partial charge on any atom is -0.437 e. The Morgan fingerprint density at radius 3 is 2.74 bits per heavy atom. The molecule has 0 N–H and O–H groups in total. The Labute approximate surface area is 195 Å². The fourth-order valence-corrected chi connectivity index (χ4v) is 4.85. The van der Waals surface area contributed by atoms with Crippen molar-refractivity contribution in [2.75, 3.05) is 11.6 Å². The number of hydrogen-bond acceptors (Lipinski definition) is 5. The van der Waals surface area contributed by atoms with Gasteiger partial charge in [-0.15, -0.1) is 0 Å². The average molecular weight is 541 g/mol. The van der Waals surface area contributed by atoms with E-state index in [-0.39, 0.29) is 12.6 Å². The third kappa shape index (κ3) is 3.66. The number of halogens is 2. The first-order chi connectivity index (χ1) is 15.0. The highest BCUT2D eigenvalue weighted by atomic mass is 79.9. The van der Waals surface area contributed by atoms with Crippen molar-refractivity contribution in [3.63, 3.8) is 0 Å².